The molecule has 0 aliphatic rings. The van der Waals surface area contributed by atoms with Gasteiger partial charge in [0.05, 0.1) is 39.6 Å². The lowest BCUT2D eigenvalue weighted by Crippen LogP contribution is -2.44. The molecule has 66 heavy (non-hydrogen) atoms. The second-order valence-corrected chi connectivity index (χ2v) is 15.7. The van der Waals surface area contributed by atoms with Gasteiger partial charge in [0.15, 0.2) is 0 Å². The molecular weight excluding hydrogens is 871 g/mol. The Balaban J connectivity index is 3.80. The third-order valence-electron chi connectivity index (χ3n) is 10.0. The molecule has 0 bridgehead atoms. The summed E-state index contributed by atoms with van der Waals surface area (Å²) in [7, 11) is 0. The zero-order valence-corrected chi connectivity index (χ0v) is 38.7. The zero-order chi connectivity index (χ0) is 49.2. The van der Waals surface area contributed by atoms with Crippen LogP contribution in [0.25, 0.3) is 0 Å². The van der Waals surface area contributed by atoms with Crippen LogP contribution in [0.5, 0.6) is 0 Å². The van der Waals surface area contributed by atoms with Crippen molar-refractivity contribution in [2.75, 3.05) is 65.9 Å². The Morgan fingerprint density at radius 3 is 1.17 bits per heavy atom. The van der Waals surface area contributed by atoms with Crippen LogP contribution in [0.15, 0.2) is 0 Å². The maximum atomic E-state index is 12.3. The van der Waals surface area contributed by atoms with E-state index in [1.54, 1.807) is 6.92 Å². The fraction of sp³-hybridized carbons (Fsp3) is 0.795. The van der Waals surface area contributed by atoms with Gasteiger partial charge in [-0.05, 0) is 32.1 Å². The Hall–Kier alpha value is -4.93. The highest BCUT2D eigenvalue weighted by Gasteiger charge is 2.24. The summed E-state index contributed by atoms with van der Waals surface area (Å²) in [4.78, 5) is 105. The summed E-state index contributed by atoms with van der Waals surface area (Å²) >= 11 is 0. The van der Waals surface area contributed by atoms with Crippen molar-refractivity contribution in [1.82, 2.24) is 26.6 Å². The minimum atomic E-state index is -1.38. The maximum Gasteiger partial charge on any atom is 0.326 e. The van der Waals surface area contributed by atoms with Crippen LogP contribution < -0.4 is 26.6 Å². The number of aliphatic carboxylic acids is 4. The lowest BCUT2D eigenvalue weighted by Gasteiger charge is -2.16. The molecule has 22 nitrogen and oxygen atoms in total. The number of hydrogen-bond donors (Lipinski definition) is 9. The van der Waals surface area contributed by atoms with Gasteiger partial charge in [-0.1, -0.05) is 84.0 Å². The first kappa shape index (κ1) is 61.1. The van der Waals surface area contributed by atoms with E-state index in [0.717, 1.165) is 51.4 Å². The van der Waals surface area contributed by atoms with E-state index in [0.29, 0.717) is 6.42 Å². The molecule has 9 N–H and O–H groups in total. The Morgan fingerprint density at radius 2 is 0.727 bits per heavy atom. The average molecular weight is 948 g/mol. The van der Waals surface area contributed by atoms with Crippen LogP contribution >= 0.6 is 0 Å². The fourth-order valence-corrected chi connectivity index (χ4v) is 6.29. The van der Waals surface area contributed by atoms with Crippen molar-refractivity contribution in [3.8, 4) is 0 Å². The number of unbranched alkanes of at least 4 members (excludes halogenated alkanes) is 13. The number of amides is 5. The predicted molar refractivity (Wildman–Crippen MR) is 238 cm³/mol. The van der Waals surface area contributed by atoms with Gasteiger partial charge in [-0.15, -0.1) is 0 Å². The first-order chi connectivity index (χ1) is 31.7. The summed E-state index contributed by atoms with van der Waals surface area (Å²) in [5, 5.41) is 48.8. The molecule has 0 radical (unpaired) electrons. The monoisotopic (exact) mass is 948 g/mol. The molecule has 0 spiro atoms. The van der Waals surface area contributed by atoms with Crippen LogP contribution in [0.1, 0.15) is 142 Å². The van der Waals surface area contributed by atoms with Gasteiger partial charge in [0.2, 0.25) is 29.5 Å². The number of ether oxygens (including phenoxy) is 4. The Kier molecular flexibility index (Phi) is 38.4. The SMILES string of the molecule is CC[C@H](NC(=O)CC[C@H](NC(=O)COCCOCCNC(=O)COCCOCCNC(=O)CC[C@H](NC(=O)CCCCCCCCCCCCCCCCC(=O)O)C(=O)O)C(=O)O)C(=O)O. The molecule has 0 saturated carbocycles. The standard InChI is InChI=1S/C44H77N5O17/c1-2-33(42(57)58)47-38(52)22-20-35(44(61)62)49-40(54)32-66-30-28-64-26-24-46-39(53)31-65-29-27-63-25-23-45-36(50)21-19-34(43(59)60)48-37(51)17-15-13-11-9-7-5-3-4-6-8-10-12-14-16-18-41(55)56/h33-35H,2-32H2,1H3,(H,45,50)(H,46,53)(H,47,52)(H,48,51)(H,49,54)(H,55,56)(H,57,58)(H,59,60)(H,61,62)/t33-,34-,35-/m0/s1. The lowest BCUT2D eigenvalue weighted by molar-refractivity contribution is -0.144. The molecule has 0 rings (SSSR count). The summed E-state index contributed by atoms with van der Waals surface area (Å²) in [5.74, 6) is -7.02. The van der Waals surface area contributed by atoms with Crippen LogP contribution in [0, 0.1) is 0 Å². The average Bonchev–Trinajstić information content (AvgIpc) is 3.26. The third kappa shape index (κ3) is 38.3. The summed E-state index contributed by atoms with van der Waals surface area (Å²) < 4.78 is 21.1. The smallest absolute Gasteiger partial charge is 0.326 e. The Labute approximate surface area is 387 Å². The molecule has 5 amide bonds. The second-order valence-electron chi connectivity index (χ2n) is 15.7. The molecule has 0 unspecified atom stereocenters. The van der Waals surface area contributed by atoms with Crippen molar-refractivity contribution in [3.63, 3.8) is 0 Å². The second kappa shape index (κ2) is 41.5. The van der Waals surface area contributed by atoms with Crippen LogP contribution in [0.2, 0.25) is 0 Å². The quantitative estimate of drug-likeness (QED) is 0.0395. The van der Waals surface area contributed by atoms with Crippen molar-refractivity contribution in [2.45, 2.75) is 160 Å². The first-order valence-electron chi connectivity index (χ1n) is 23.3. The number of nitrogens with one attached hydrogen (secondary N) is 5. The van der Waals surface area contributed by atoms with Crippen molar-refractivity contribution >= 4 is 53.4 Å². The van der Waals surface area contributed by atoms with Gasteiger partial charge in [-0.2, -0.15) is 0 Å². The molecule has 3 atom stereocenters. The van der Waals surface area contributed by atoms with E-state index >= 15 is 0 Å². The topological polar surface area (TPSA) is 332 Å². The highest BCUT2D eigenvalue weighted by Crippen LogP contribution is 2.14. The van der Waals surface area contributed by atoms with E-state index in [1.807, 2.05) is 0 Å². The minimum absolute atomic E-state index is 0.0000143. The van der Waals surface area contributed by atoms with Crippen LogP contribution in [0.3, 0.4) is 0 Å². The lowest BCUT2D eigenvalue weighted by atomic mass is 10.0. The summed E-state index contributed by atoms with van der Waals surface area (Å²) in [5.41, 5.74) is 0. The number of hydrogen-bond acceptors (Lipinski definition) is 13. The zero-order valence-electron chi connectivity index (χ0n) is 38.7. The van der Waals surface area contributed by atoms with Crippen LogP contribution in [-0.2, 0) is 62.1 Å². The number of carbonyl (C=O) groups excluding carboxylic acids is 5. The van der Waals surface area contributed by atoms with E-state index in [-0.39, 0.29) is 116 Å². The van der Waals surface area contributed by atoms with Crippen molar-refractivity contribution < 1.29 is 82.5 Å². The summed E-state index contributed by atoms with van der Waals surface area (Å²) in [6.07, 6.45) is 14.8. The van der Waals surface area contributed by atoms with Gasteiger partial charge in [-0.3, -0.25) is 28.8 Å². The maximum absolute atomic E-state index is 12.3. The molecular formula is C44H77N5O17. The van der Waals surface area contributed by atoms with Gasteiger partial charge in [0, 0.05) is 38.8 Å². The van der Waals surface area contributed by atoms with Crippen LogP contribution in [-0.4, -0.2) is 158 Å². The van der Waals surface area contributed by atoms with Gasteiger partial charge < -0.3 is 66.0 Å². The van der Waals surface area contributed by atoms with Crippen molar-refractivity contribution in [2.24, 2.45) is 0 Å². The molecule has 0 saturated heterocycles. The largest absolute Gasteiger partial charge is 0.481 e. The van der Waals surface area contributed by atoms with Crippen molar-refractivity contribution in [3.05, 3.63) is 0 Å². The summed E-state index contributed by atoms with van der Waals surface area (Å²) in [6.45, 7) is 1.86. The molecule has 0 heterocycles. The molecule has 0 aromatic rings. The fourth-order valence-electron chi connectivity index (χ4n) is 6.29. The highest BCUT2D eigenvalue weighted by atomic mass is 16.5. The van der Waals surface area contributed by atoms with E-state index in [2.05, 4.69) is 26.6 Å². The van der Waals surface area contributed by atoms with Crippen molar-refractivity contribution in [1.29, 1.82) is 0 Å². The molecule has 380 valence electrons. The molecule has 0 aromatic carbocycles. The molecule has 0 aliphatic carbocycles. The number of carbonyl (C=O) groups is 9. The summed E-state index contributed by atoms with van der Waals surface area (Å²) in [6, 6.07) is -3.64. The molecule has 0 aliphatic heterocycles. The highest BCUT2D eigenvalue weighted by molar-refractivity contribution is 5.86. The Morgan fingerprint density at radius 1 is 0.379 bits per heavy atom. The minimum Gasteiger partial charge on any atom is -0.481 e. The van der Waals surface area contributed by atoms with E-state index < -0.39 is 66.3 Å². The normalized spacial score (nSPS) is 12.3. The van der Waals surface area contributed by atoms with Crippen LogP contribution in [0.4, 0.5) is 0 Å². The van der Waals surface area contributed by atoms with Gasteiger partial charge >= 0.3 is 23.9 Å². The van der Waals surface area contributed by atoms with Gasteiger partial charge in [0.25, 0.3) is 0 Å². The Bertz CT molecular complexity index is 1420. The molecule has 0 aromatic heterocycles. The molecule has 22 heteroatoms. The number of carboxylic acid groups (broad SMARTS) is 4. The first-order valence-corrected chi connectivity index (χ1v) is 23.3. The third-order valence-corrected chi connectivity index (χ3v) is 10.0. The van der Waals surface area contributed by atoms with Gasteiger partial charge in [0.1, 0.15) is 31.3 Å². The molecule has 0 fully saturated rings. The van der Waals surface area contributed by atoms with E-state index in [9.17, 15) is 53.4 Å². The van der Waals surface area contributed by atoms with E-state index in [4.69, 9.17) is 29.2 Å². The number of carboxylic acids is 4. The number of rotatable bonds is 46. The van der Waals surface area contributed by atoms with E-state index in [1.165, 1.54) is 32.1 Å². The predicted octanol–water partition coefficient (Wildman–Crippen LogP) is 2.29. The van der Waals surface area contributed by atoms with Gasteiger partial charge in [-0.25, -0.2) is 14.4 Å².